The fourth-order valence-corrected chi connectivity index (χ4v) is 2.18. The first-order chi connectivity index (χ1) is 9.65. The van der Waals surface area contributed by atoms with Gasteiger partial charge in [0.15, 0.2) is 5.78 Å². The van der Waals surface area contributed by atoms with Gasteiger partial charge in [-0.05, 0) is 31.2 Å². The average Bonchev–Trinajstić information content (AvgIpc) is 2.48. The molecule has 1 N–H and O–H groups in total. The van der Waals surface area contributed by atoms with Crippen LogP contribution in [0.2, 0.25) is 0 Å². The van der Waals surface area contributed by atoms with Crippen molar-refractivity contribution in [1.82, 2.24) is 4.98 Å². The molecule has 3 aromatic rings. The Morgan fingerprint density at radius 3 is 2.75 bits per heavy atom. The van der Waals surface area contributed by atoms with Crippen molar-refractivity contribution in [2.45, 2.75) is 6.92 Å². The van der Waals surface area contributed by atoms with Crippen LogP contribution < -0.4 is 0 Å². The van der Waals surface area contributed by atoms with Gasteiger partial charge in [0.2, 0.25) is 0 Å². The van der Waals surface area contributed by atoms with E-state index in [2.05, 4.69) is 4.98 Å². The molecule has 98 valence electrons. The van der Waals surface area contributed by atoms with E-state index >= 15 is 0 Å². The van der Waals surface area contributed by atoms with Crippen LogP contribution in [-0.2, 0) is 0 Å². The van der Waals surface area contributed by atoms with E-state index < -0.39 is 0 Å². The van der Waals surface area contributed by atoms with Gasteiger partial charge in [-0.2, -0.15) is 0 Å². The van der Waals surface area contributed by atoms with Crippen molar-refractivity contribution >= 4 is 16.7 Å². The topological polar surface area (TPSA) is 50.2 Å². The molecule has 0 amide bonds. The molecule has 1 aromatic heterocycles. The zero-order valence-electron chi connectivity index (χ0n) is 11.0. The summed E-state index contributed by atoms with van der Waals surface area (Å²) in [6.07, 6.45) is 1.55. The minimum atomic E-state index is -0.218. The van der Waals surface area contributed by atoms with Crippen LogP contribution in [0.1, 0.15) is 21.5 Å². The van der Waals surface area contributed by atoms with E-state index in [9.17, 15) is 9.90 Å². The number of ketones is 1. The molecule has 0 radical (unpaired) electrons. The van der Waals surface area contributed by atoms with Crippen LogP contribution in [0.4, 0.5) is 0 Å². The van der Waals surface area contributed by atoms with Crippen LogP contribution in [0.15, 0.2) is 54.7 Å². The van der Waals surface area contributed by atoms with Crippen molar-refractivity contribution in [2.75, 3.05) is 0 Å². The Hall–Kier alpha value is -2.68. The van der Waals surface area contributed by atoms with Crippen molar-refractivity contribution in [1.29, 1.82) is 0 Å². The lowest BCUT2D eigenvalue weighted by atomic mass is 10.0. The SMILES string of the molecule is Cc1ccc(O)c(C(=O)c2cnc3ccccc3c2)c1. The second-order valence-electron chi connectivity index (χ2n) is 4.77. The standard InChI is InChI=1S/C17H13NO2/c1-11-6-7-16(19)14(8-11)17(20)13-9-12-4-2-3-5-15(12)18-10-13/h2-10,19H,1H3. The minimum Gasteiger partial charge on any atom is -0.507 e. The molecule has 0 unspecified atom stereocenters. The number of carbonyl (C=O) groups excluding carboxylic acids is 1. The molecular weight excluding hydrogens is 250 g/mol. The molecule has 0 fully saturated rings. The first-order valence-corrected chi connectivity index (χ1v) is 6.34. The summed E-state index contributed by atoms with van der Waals surface area (Å²) < 4.78 is 0. The predicted octanol–water partition coefficient (Wildman–Crippen LogP) is 3.48. The fourth-order valence-electron chi connectivity index (χ4n) is 2.18. The number of aromatic nitrogens is 1. The molecule has 0 aliphatic carbocycles. The van der Waals surface area contributed by atoms with Gasteiger partial charge in [-0.25, -0.2) is 0 Å². The summed E-state index contributed by atoms with van der Waals surface area (Å²) in [5, 5.41) is 10.7. The van der Waals surface area contributed by atoms with Gasteiger partial charge in [0.05, 0.1) is 11.1 Å². The monoisotopic (exact) mass is 263 g/mol. The second-order valence-corrected chi connectivity index (χ2v) is 4.77. The maximum absolute atomic E-state index is 12.5. The van der Waals surface area contributed by atoms with E-state index in [0.29, 0.717) is 11.1 Å². The first kappa shape index (κ1) is 12.4. The molecule has 1 heterocycles. The smallest absolute Gasteiger partial charge is 0.198 e. The van der Waals surface area contributed by atoms with Crippen LogP contribution in [0, 0.1) is 6.92 Å². The quantitative estimate of drug-likeness (QED) is 0.720. The number of phenolic OH excluding ortho intramolecular Hbond substituents is 1. The molecule has 0 saturated heterocycles. The van der Waals surface area contributed by atoms with E-state index in [0.717, 1.165) is 16.5 Å². The zero-order valence-corrected chi connectivity index (χ0v) is 11.0. The van der Waals surface area contributed by atoms with E-state index in [1.165, 1.54) is 6.07 Å². The maximum Gasteiger partial charge on any atom is 0.198 e. The first-order valence-electron chi connectivity index (χ1n) is 6.34. The van der Waals surface area contributed by atoms with E-state index in [-0.39, 0.29) is 11.5 Å². The Bertz CT molecular complexity index is 809. The number of benzene rings is 2. The van der Waals surface area contributed by atoms with Gasteiger partial charge in [-0.15, -0.1) is 0 Å². The molecule has 0 spiro atoms. The lowest BCUT2D eigenvalue weighted by Crippen LogP contribution is -2.03. The van der Waals surface area contributed by atoms with Gasteiger partial charge in [-0.3, -0.25) is 9.78 Å². The number of pyridine rings is 1. The summed E-state index contributed by atoms with van der Waals surface area (Å²) in [6, 6.07) is 14.4. The van der Waals surface area contributed by atoms with Gasteiger partial charge in [-0.1, -0.05) is 29.8 Å². The highest BCUT2D eigenvalue weighted by atomic mass is 16.3. The second kappa shape index (κ2) is 4.78. The largest absolute Gasteiger partial charge is 0.507 e. The zero-order chi connectivity index (χ0) is 14.1. The number of phenols is 1. The van der Waals surface area contributed by atoms with Crippen molar-refractivity contribution in [2.24, 2.45) is 0 Å². The van der Waals surface area contributed by atoms with E-state index in [1.54, 1.807) is 24.4 Å². The van der Waals surface area contributed by atoms with Gasteiger partial charge in [0.1, 0.15) is 5.75 Å². The number of fused-ring (bicyclic) bond motifs is 1. The molecule has 3 rings (SSSR count). The number of rotatable bonds is 2. The Morgan fingerprint density at radius 1 is 1.10 bits per heavy atom. The maximum atomic E-state index is 12.5. The summed E-state index contributed by atoms with van der Waals surface area (Å²) in [6.45, 7) is 1.88. The summed E-state index contributed by atoms with van der Waals surface area (Å²) in [5.74, 6) is -0.224. The van der Waals surface area contributed by atoms with E-state index in [1.807, 2.05) is 31.2 Å². The Kier molecular flexibility index (Phi) is 2.95. The number of carbonyl (C=O) groups is 1. The van der Waals surface area contributed by atoms with Crippen molar-refractivity contribution in [3.63, 3.8) is 0 Å². The van der Waals surface area contributed by atoms with E-state index in [4.69, 9.17) is 0 Å². The Labute approximate surface area is 116 Å². The molecule has 0 aliphatic heterocycles. The van der Waals surface area contributed by atoms with Crippen LogP contribution in [0.3, 0.4) is 0 Å². The summed E-state index contributed by atoms with van der Waals surface area (Å²) in [4.78, 5) is 16.7. The fraction of sp³-hybridized carbons (Fsp3) is 0.0588. The molecule has 0 saturated carbocycles. The molecular formula is C17H13NO2. The van der Waals surface area contributed by atoms with Gasteiger partial charge >= 0.3 is 0 Å². The summed E-state index contributed by atoms with van der Waals surface area (Å²) in [5.41, 5.74) is 2.56. The number of nitrogens with zero attached hydrogens (tertiary/aromatic N) is 1. The lowest BCUT2D eigenvalue weighted by Gasteiger charge is -2.06. The molecule has 0 bridgehead atoms. The number of para-hydroxylation sites is 1. The number of aryl methyl sites for hydroxylation is 1. The molecule has 0 aliphatic rings. The number of hydrogen-bond acceptors (Lipinski definition) is 3. The van der Waals surface area contributed by atoms with Crippen molar-refractivity contribution in [3.05, 3.63) is 71.4 Å². The molecule has 2 aromatic carbocycles. The van der Waals surface area contributed by atoms with Gasteiger partial charge in [0, 0.05) is 17.1 Å². The summed E-state index contributed by atoms with van der Waals surface area (Å²) in [7, 11) is 0. The average molecular weight is 263 g/mol. The Morgan fingerprint density at radius 2 is 1.90 bits per heavy atom. The van der Waals surface area contributed by atoms with Gasteiger partial charge in [0.25, 0.3) is 0 Å². The predicted molar refractivity (Wildman–Crippen MR) is 78.0 cm³/mol. The highest BCUT2D eigenvalue weighted by Crippen LogP contribution is 2.23. The third-order valence-electron chi connectivity index (χ3n) is 3.25. The van der Waals surface area contributed by atoms with Crippen LogP contribution in [0.5, 0.6) is 5.75 Å². The number of aromatic hydroxyl groups is 1. The normalized spacial score (nSPS) is 10.7. The highest BCUT2D eigenvalue weighted by Gasteiger charge is 2.14. The van der Waals surface area contributed by atoms with Crippen LogP contribution >= 0.6 is 0 Å². The minimum absolute atomic E-state index is 0.00578. The van der Waals surface area contributed by atoms with Crippen LogP contribution in [0.25, 0.3) is 10.9 Å². The van der Waals surface area contributed by atoms with Crippen LogP contribution in [-0.4, -0.2) is 15.9 Å². The molecule has 0 atom stereocenters. The number of hydrogen-bond donors (Lipinski definition) is 1. The highest BCUT2D eigenvalue weighted by molar-refractivity contribution is 6.11. The third-order valence-corrected chi connectivity index (χ3v) is 3.25. The molecule has 3 nitrogen and oxygen atoms in total. The third kappa shape index (κ3) is 2.14. The summed E-state index contributed by atoms with van der Waals surface area (Å²) >= 11 is 0. The van der Waals surface area contributed by atoms with Crippen molar-refractivity contribution < 1.29 is 9.90 Å². The molecule has 3 heteroatoms. The molecule has 20 heavy (non-hydrogen) atoms. The Balaban J connectivity index is 2.10. The van der Waals surface area contributed by atoms with Gasteiger partial charge < -0.3 is 5.11 Å². The van der Waals surface area contributed by atoms with Crippen molar-refractivity contribution in [3.8, 4) is 5.75 Å². The lowest BCUT2D eigenvalue weighted by molar-refractivity contribution is 0.103.